The zero-order valence-corrected chi connectivity index (χ0v) is 14.0. The molecule has 23 heavy (non-hydrogen) atoms. The SMILES string of the molecule is C#C.c1ccc(CNCCC[C@H]2CCCC3(C2)OCCO3)cc1. The van der Waals surface area contributed by atoms with Crippen molar-refractivity contribution in [3.63, 3.8) is 0 Å². The molecule has 3 heteroatoms. The molecule has 1 aromatic carbocycles. The summed E-state index contributed by atoms with van der Waals surface area (Å²) in [5, 5.41) is 3.54. The Morgan fingerprint density at radius 2 is 1.87 bits per heavy atom. The second kappa shape index (κ2) is 9.72. The van der Waals surface area contributed by atoms with Crippen molar-refractivity contribution in [1.82, 2.24) is 5.32 Å². The fraction of sp³-hybridized carbons (Fsp3) is 0.600. The minimum absolute atomic E-state index is 0.208. The Bertz CT molecular complexity index is 451. The van der Waals surface area contributed by atoms with Crippen LogP contribution in [-0.4, -0.2) is 25.5 Å². The highest BCUT2D eigenvalue weighted by atomic mass is 16.7. The molecule has 1 saturated heterocycles. The van der Waals surface area contributed by atoms with E-state index < -0.39 is 0 Å². The maximum Gasteiger partial charge on any atom is 0.168 e. The van der Waals surface area contributed by atoms with Gasteiger partial charge in [0.2, 0.25) is 0 Å². The van der Waals surface area contributed by atoms with Crippen LogP contribution in [0.4, 0.5) is 0 Å². The molecule has 1 aliphatic heterocycles. The fourth-order valence-electron chi connectivity index (χ4n) is 3.65. The Balaban J connectivity index is 0.000000924. The van der Waals surface area contributed by atoms with Gasteiger partial charge in [-0.1, -0.05) is 36.8 Å². The molecule has 3 rings (SSSR count). The number of ether oxygens (including phenoxy) is 2. The quantitative estimate of drug-likeness (QED) is 0.641. The topological polar surface area (TPSA) is 30.5 Å². The van der Waals surface area contributed by atoms with Gasteiger partial charge >= 0.3 is 0 Å². The van der Waals surface area contributed by atoms with Gasteiger partial charge in [0.25, 0.3) is 0 Å². The van der Waals surface area contributed by atoms with E-state index in [0.29, 0.717) is 0 Å². The summed E-state index contributed by atoms with van der Waals surface area (Å²) in [4.78, 5) is 0. The van der Waals surface area contributed by atoms with Crippen LogP contribution in [0.2, 0.25) is 0 Å². The molecule has 3 nitrogen and oxygen atoms in total. The molecule has 2 aliphatic rings. The van der Waals surface area contributed by atoms with Crippen LogP contribution in [0.25, 0.3) is 0 Å². The number of benzene rings is 1. The number of hydrogen-bond acceptors (Lipinski definition) is 3. The molecule has 1 saturated carbocycles. The highest BCUT2D eigenvalue weighted by Crippen LogP contribution is 2.40. The van der Waals surface area contributed by atoms with Gasteiger partial charge in [-0.15, -0.1) is 12.8 Å². The summed E-state index contributed by atoms with van der Waals surface area (Å²) in [5.74, 6) is 0.566. The van der Waals surface area contributed by atoms with E-state index in [4.69, 9.17) is 9.47 Å². The summed E-state index contributed by atoms with van der Waals surface area (Å²) in [7, 11) is 0. The average molecular weight is 315 g/mol. The first-order valence-corrected chi connectivity index (χ1v) is 8.72. The third-order valence-corrected chi connectivity index (χ3v) is 4.72. The smallest absolute Gasteiger partial charge is 0.168 e. The molecule has 1 spiro atoms. The zero-order chi connectivity index (χ0) is 16.4. The molecule has 1 atom stereocenters. The average Bonchev–Trinajstić information content (AvgIpc) is 3.05. The maximum atomic E-state index is 5.86. The summed E-state index contributed by atoms with van der Waals surface area (Å²) in [6.45, 7) is 3.64. The van der Waals surface area contributed by atoms with Gasteiger partial charge in [-0.05, 0) is 37.3 Å². The van der Waals surface area contributed by atoms with Gasteiger partial charge in [0.1, 0.15) is 0 Å². The molecular weight excluding hydrogens is 286 g/mol. The van der Waals surface area contributed by atoms with Gasteiger partial charge < -0.3 is 14.8 Å². The normalized spacial score (nSPS) is 22.4. The van der Waals surface area contributed by atoms with Crippen LogP contribution in [0, 0.1) is 18.8 Å². The molecular formula is C20H29NO2. The first kappa shape index (κ1) is 18.0. The van der Waals surface area contributed by atoms with E-state index in [1.807, 2.05) is 0 Å². The van der Waals surface area contributed by atoms with Gasteiger partial charge in [-0.25, -0.2) is 0 Å². The van der Waals surface area contributed by atoms with Crippen LogP contribution in [-0.2, 0) is 16.0 Å². The Morgan fingerprint density at radius 1 is 1.13 bits per heavy atom. The van der Waals surface area contributed by atoms with Crippen LogP contribution >= 0.6 is 0 Å². The number of terminal acetylenes is 1. The van der Waals surface area contributed by atoms with Crippen molar-refractivity contribution < 1.29 is 9.47 Å². The molecule has 0 unspecified atom stereocenters. The number of hydrogen-bond donors (Lipinski definition) is 1. The van der Waals surface area contributed by atoms with E-state index in [9.17, 15) is 0 Å². The standard InChI is InChI=1S/C18H27NO2.C2H2/c1-2-6-17(7-3-1)15-19-11-5-9-16-8-4-10-18(14-16)20-12-13-21-18;1-2/h1-3,6-7,16,19H,4-5,8-15H2;1-2H/t16-;/m1./s1. The van der Waals surface area contributed by atoms with Crippen LogP contribution in [0.5, 0.6) is 0 Å². The first-order chi connectivity index (χ1) is 11.4. The van der Waals surface area contributed by atoms with Crippen LogP contribution < -0.4 is 5.32 Å². The summed E-state index contributed by atoms with van der Waals surface area (Å²) < 4.78 is 11.7. The second-order valence-corrected chi connectivity index (χ2v) is 6.37. The Labute approximate surface area is 140 Å². The van der Waals surface area contributed by atoms with E-state index in [1.165, 1.54) is 31.2 Å². The van der Waals surface area contributed by atoms with Crippen molar-refractivity contribution in [1.29, 1.82) is 0 Å². The Hall–Kier alpha value is -1.34. The molecule has 0 radical (unpaired) electrons. The van der Waals surface area contributed by atoms with Gasteiger partial charge in [0.15, 0.2) is 5.79 Å². The van der Waals surface area contributed by atoms with Gasteiger partial charge in [-0.2, -0.15) is 0 Å². The van der Waals surface area contributed by atoms with Crippen LogP contribution in [0.3, 0.4) is 0 Å². The fourth-order valence-corrected chi connectivity index (χ4v) is 3.65. The van der Waals surface area contributed by atoms with Crippen LogP contribution in [0.1, 0.15) is 44.1 Å². The van der Waals surface area contributed by atoms with Crippen molar-refractivity contribution in [2.45, 2.75) is 50.9 Å². The predicted octanol–water partition coefficient (Wildman–Crippen LogP) is 3.74. The molecule has 0 aromatic heterocycles. The van der Waals surface area contributed by atoms with E-state index >= 15 is 0 Å². The summed E-state index contributed by atoms with van der Waals surface area (Å²) in [5.41, 5.74) is 1.36. The lowest BCUT2D eigenvalue weighted by Crippen LogP contribution is -2.36. The van der Waals surface area contributed by atoms with Gasteiger partial charge in [0.05, 0.1) is 13.2 Å². The van der Waals surface area contributed by atoms with Crippen molar-refractivity contribution in [3.8, 4) is 12.8 Å². The minimum Gasteiger partial charge on any atom is -0.348 e. The summed E-state index contributed by atoms with van der Waals surface area (Å²) in [6.07, 6.45) is 15.3. The van der Waals surface area contributed by atoms with Crippen molar-refractivity contribution in [2.75, 3.05) is 19.8 Å². The third kappa shape index (κ3) is 5.66. The van der Waals surface area contributed by atoms with Crippen molar-refractivity contribution in [2.24, 2.45) is 5.92 Å². The van der Waals surface area contributed by atoms with E-state index in [2.05, 4.69) is 48.5 Å². The lowest BCUT2D eigenvalue weighted by Gasteiger charge is -2.36. The van der Waals surface area contributed by atoms with Gasteiger partial charge in [0, 0.05) is 19.4 Å². The lowest BCUT2D eigenvalue weighted by atomic mass is 9.82. The van der Waals surface area contributed by atoms with Gasteiger partial charge in [-0.3, -0.25) is 0 Å². The maximum absolute atomic E-state index is 5.86. The molecule has 0 amide bonds. The first-order valence-electron chi connectivity index (χ1n) is 8.72. The molecule has 2 fully saturated rings. The molecule has 1 heterocycles. The monoisotopic (exact) mass is 315 g/mol. The highest BCUT2D eigenvalue weighted by Gasteiger charge is 2.40. The van der Waals surface area contributed by atoms with Crippen molar-refractivity contribution >= 4 is 0 Å². The van der Waals surface area contributed by atoms with Crippen molar-refractivity contribution in [3.05, 3.63) is 35.9 Å². The third-order valence-electron chi connectivity index (χ3n) is 4.72. The van der Waals surface area contributed by atoms with Crippen LogP contribution in [0.15, 0.2) is 30.3 Å². The molecule has 1 aliphatic carbocycles. The van der Waals surface area contributed by atoms with E-state index in [-0.39, 0.29) is 5.79 Å². The van der Waals surface area contributed by atoms with E-state index in [0.717, 1.165) is 45.1 Å². The second-order valence-electron chi connectivity index (χ2n) is 6.37. The highest BCUT2D eigenvalue weighted by molar-refractivity contribution is 5.14. The number of rotatable bonds is 6. The molecule has 1 N–H and O–H groups in total. The largest absolute Gasteiger partial charge is 0.348 e. The zero-order valence-electron chi connectivity index (χ0n) is 14.0. The molecule has 0 bridgehead atoms. The lowest BCUT2D eigenvalue weighted by molar-refractivity contribution is -0.187. The molecule has 1 aromatic rings. The number of nitrogens with one attached hydrogen (secondary N) is 1. The Kier molecular flexibility index (Phi) is 7.61. The van der Waals surface area contributed by atoms with E-state index in [1.54, 1.807) is 0 Å². The molecule has 126 valence electrons. The predicted molar refractivity (Wildman–Crippen MR) is 93.9 cm³/mol. The Morgan fingerprint density at radius 3 is 2.61 bits per heavy atom. The summed E-state index contributed by atoms with van der Waals surface area (Å²) in [6, 6.07) is 10.6. The minimum atomic E-state index is -0.208. The summed E-state index contributed by atoms with van der Waals surface area (Å²) >= 11 is 0.